The maximum Gasteiger partial charge on any atom is 0.407 e. The Labute approximate surface area is 125 Å². The lowest BCUT2D eigenvalue weighted by molar-refractivity contribution is -0.0817. The molecule has 2 aliphatic heterocycles. The van der Waals surface area contributed by atoms with Gasteiger partial charge in [0, 0.05) is 26.2 Å². The van der Waals surface area contributed by atoms with Gasteiger partial charge in [-0.15, -0.1) is 0 Å². The number of hydrogen-bond donors (Lipinski definition) is 1. The van der Waals surface area contributed by atoms with Gasteiger partial charge in [0.1, 0.15) is 0 Å². The summed E-state index contributed by atoms with van der Waals surface area (Å²) in [4.78, 5) is 15.5. The van der Waals surface area contributed by atoms with Crippen molar-refractivity contribution in [2.24, 2.45) is 0 Å². The maximum atomic E-state index is 11.5. The van der Waals surface area contributed by atoms with Crippen molar-refractivity contribution in [1.82, 2.24) is 9.80 Å². The normalized spacial score (nSPS) is 22.4. The quantitative estimate of drug-likeness (QED) is 0.905. The minimum absolute atomic E-state index is 0.308. The van der Waals surface area contributed by atoms with E-state index in [2.05, 4.69) is 29.2 Å². The minimum Gasteiger partial charge on any atom is -0.465 e. The zero-order chi connectivity index (χ0) is 14.7. The fourth-order valence-electron chi connectivity index (χ4n) is 3.41. The van der Waals surface area contributed by atoms with Crippen LogP contribution in [-0.4, -0.2) is 59.4 Å². The second kappa shape index (κ2) is 6.03. The number of piperidine rings is 1. The van der Waals surface area contributed by atoms with E-state index in [1.54, 1.807) is 4.90 Å². The average Bonchev–Trinajstić information content (AvgIpc) is 2.51. The van der Waals surface area contributed by atoms with Gasteiger partial charge in [-0.2, -0.15) is 0 Å². The van der Waals surface area contributed by atoms with Crippen LogP contribution in [0.15, 0.2) is 30.3 Å². The molecule has 2 fully saturated rings. The lowest BCUT2D eigenvalue weighted by Crippen LogP contribution is -2.62. The molecule has 1 spiro atoms. The fourth-order valence-corrected chi connectivity index (χ4v) is 3.41. The number of likely N-dealkylation sites (tertiary alicyclic amines) is 1. The van der Waals surface area contributed by atoms with Crippen LogP contribution in [0.25, 0.3) is 0 Å². The minimum atomic E-state index is -0.810. The molecule has 0 aliphatic carbocycles. The smallest absolute Gasteiger partial charge is 0.407 e. The second-order valence-corrected chi connectivity index (χ2v) is 5.97. The number of carboxylic acid groups (broad SMARTS) is 1. The van der Waals surface area contributed by atoms with Crippen LogP contribution in [0.3, 0.4) is 0 Å². The van der Waals surface area contributed by atoms with Crippen molar-refractivity contribution >= 4 is 6.09 Å². The summed E-state index contributed by atoms with van der Waals surface area (Å²) in [5.41, 5.74) is 1.00. The van der Waals surface area contributed by atoms with E-state index in [1.165, 1.54) is 5.56 Å². The Bertz CT molecular complexity index is 484. The molecule has 3 rings (SSSR count). The van der Waals surface area contributed by atoms with E-state index in [0.29, 0.717) is 19.8 Å². The van der Waals surface area contributed by atoms with Gasteiger partial charge in [0.25, 0.3) is 0 Å². The summed E-state index contributed by atoms with van der Waals surface area (Å²) in [5.74, 6) is 0. The molecule has 2 saturated heterocycles. The molecule has 0 bridgehead atoms. The van der Waals surface area contributed by atoms with Crippen molar-refractivity contribution in [2.75, 3.05) is 32.8 Å². The Balaban J connectivity index is 1.62. The molecule has 1 aromatic rings. The zero-order valence-electron chi connectivity index (χ0n) is 12.2. The van der Waals surface area contributed by atoms with Crippen LogP contribution in [0, 0.1) is 0 Å². The van der Waals surface area contributed by atoms with E-state index in [0.717, 1.165) is 32.5 Å². The van der Waals surface area contributed by atoms with E-state index in [4.69, 9.17) is 4.74 Å². The van der Waals surface area contributed by atoms with Crippen LogP contribution in [0.2, 0.25) is 0 Å². The summed E-state index contributed by atoms with van der Waals surface area (Å²) in [6.45, 7) is 4.32. The van der Waals surface area contributed by atoms with E-state index >= 15 is 0 Å². The number of ether oxygens (including phenoxy) is 1. The van der Waals surface area contributed by atoms with Crippen molar-refractivity contribution in [3.8, 4) is 0 Å². The van der Waals surface area contributed by atoms with Gasteiger partial charge in [0.15, 0.2) is 0 Å². The van der Waals surface area contributed by atoms with Crippen molar-refractivity contribution in [3.63, 3.8) is 0 Å². The summed E-state index contributed by atoms with van der Waals surface area (Å²) in [6, 6.07) is 10.4. The number of hydrogen-bond acceptors (Lipinski definition) is 3. The highest BCUT2D eigenvalue weighted by atomic mass is 16.5. The summed E-state index contributed by atoms with van der Waals surface area (Å²) in [5, 5.41) is 9.41. The van der Waals surface area contributed by atoms with Gasteiger partial charge in [-0.25, -0.2) is 4.79 Å². The van der Waals surface area contributed by atoms with Crippen molar-refractivity contribution < 1.29 is 14.6 Å². The van der Waals surface area contributed by atoms with Crippen LogP contribution in [0.5, 0.6) is 0 Å². The van der Waals surface area contributed by atoms with Crippen LogP contribution in [0.1, 0.15) is 18.4 Å². The molecule has 114 valence electrons. The predicted octanol–water partition coefficient (Wildman–Crippen LogP) is 2.03. The molecule has 2 aliphatic rings. The second-order valence-electron chi connectivity index (χ2n) is 5.97. The van der Waals surface area contributed by atoms with Gasteiger partial charge in [0.05, 0.1) is 18.8 Å². The van der Waals surface area contributed by atoms with Gasteiger partial charge < -0.3 is 9.84 Å². The Hall–Kier alpha value is -1.59. The molecule has 1 aromatic carbocycles. The fraction of sp³-hybridized carbons (Fsp3) is 0.562. The highest BCUT2D eigenvalue weighted by Gasteiger charge is 2.44. The van der Waals surface area contributed by atoms with E-state index in [-0.39, 0.29) is 5.54 Å². The number of carbonyl (C=O) groups is 1. The van der Waals surface area contributed by atoms with Crippen molar-refractivity contribution in [3.05, 3.63) is 35.9 Å². The van der Waals surface area contributed by atoms with Crippen molar-refractivity contribution in [2.45, 2.75) is 24.9 Å². The first-order chi connectivity index (χ1) is 10.2. The first-order valence-corrected chi connectivity index (χ1v) is 7.54. The Morgan fingerprint density at radius 2 is 1.90 bits per heavy atom. The third kappa shape index (κ3) is 3.04. The molecule has 0 unspecified atom stereocenters. The van der Waals surface area contributed by atoms with Crippen LogP contribution in [-0.2, 0) is 11.3 Å². The molecular formula is C16H22N2O3. The molecule has 2 heterocycles. The number of amides is 1. The summed E-state index contributed by atoms with van der Waals surface area (Å²) >= 11 is 0. The SMILES string of the molecule is O=C(O)N1CCOCC12CCN(Cc1ccccc1)CC2. The maximum absolute atomic E-state index is 11.5. The molecule has 21 heavy (non-hydrogen) atoms. The molecule has 5 heteroatoms. The Kier molecular flexibility index (Phi) is 4.12. The number of morpholine rings is 1. The standard InChI is InChI=1S/C16H22N2O3/c19-15(20)18-10-11-21-13-16(18)6-8-17(9-7-16)12-14-4-2-1-3-5-14/h1-5H,6-13H2,(H,19,20). The molecular weight excluding hydrogens is 268 g/mol. The number of benzene rings is 1. The summed E-state index contributed by atoms with van der Waals surface area (Å²) in [7, 11) is 0. The molecule has 0 aromatic heterocycles. The molecule has 5 nitrogen and oxygen atoms in total. The van der Waals surface area contributed by atoms with Crippen molar-refractivity contribution in [1.29, 1.82) is 0 Å². The van der Waals surface area contributed by atoms with E-state index in [9.17, 15) is 9.90 Å². The lowest BCUT2D eigenvalue weighted by Gasteiger charge is -2.49. The predicted molar refractivity (Wildman–Crippen MR) is 79.2 cm³/mol. The van der Waals surface area contributed by atoms with Crippen LogP contribution >= 0.6 is 0 Å². The molecule has 0 atom stereocenters. The van der Waals surface area contributed by atoms with Crippen LogP contribution in [0.4, 0.5) is 4.79 Å². The van der Waals surface area contributed by atoms with Crippen LogP contribution < -0.4 is 0 Å². The number of nitrogens with zero attached hydrogens (tertiary/aromatic N) is 2. The van der Waals surface area contributed by atoms with Gasteiger partial charge in [-0.1, -0.05) is 30.3 Å². The summed E-state index contributed by atoms with van der Waals surface area (Å²) < 4.78 is 5.57. The first-order valence-electron chi connectivity index (χ1n) is 7.54. The number of rotatable bonds is 2. The molecule has 1 amide bonds. The monoisotopic (exact) mass is 290 g/mol. The highest BCUT2D eigenvalue weighted by Crippen LogP contribution is 2.32. The van der Waals surface area contributed by atoms with Gasteiger partial charge in [-0.3, -0.25) is 9.80 Å². The van der Waals surface area contributed by atoms with E-state index < -0.39 is 6.09 Å². The zero-order valence-corrected chi connectivity index (χ0v) is 12.2. The van der Waals surface area contributed by atoms with Gasteiger partial charge in [0.2, 0.25) is 0 Å². The van der Waals surface area contributed by atoms with Gasteiger partial charge in [-0.05, 0) is 18.4 Å². The highest BCUT2D eigenvalue weighted by molar-refractivity contribution is 5.66. The summed E-state index contributed by atoms with van der Waals surface area (Å²) in [6.07, 6.45) is 0.896. The Morgan fingerprint density at radius 1 is 1.19 bits per heavy atom. The third-order valence-electron chi connectivity index (χ3n) is 4.67. The lowest BCUT2D eigenvalue weighted by atomic mass is 9.85. The molecule has 0 radical (unpaired) electrons. The van der Waals surface area contributed by atoms with Gasteiger partial charge >= 0.3 is 6.09 Å². The topological polar surface area (TPSA) is 53.0 Å². The molecule has 0 saturated carbocycles. The third-order valence-corrected chi connectivity index (χ3v) is 4.67. The first kappa shape index (κ1) is 14.4. The Morgan fingerprint density at radius 3 is 2.57 bits per heavy atom. The molecule has 1 N–H and O–H groups in total. The van der Waals surface area contributed by atoms with E-state index in [1.807, 2.05) is 6.07 Å². The largest absolute Gasteiger partial charge is 0.465 e. The average molecular weight is 290 g/mol.